The number of H-pyrrole nitrogens is 1. The summed E-state index contributed by atoms with van der Waals surface area (Å²) in [5.41, 5.74) is 4.63. The summed E-state index contributed by atoms with van der Waals surface area (Å²) in [7, 11) is 0. The molecular weight excluding hydrogens is 491 g/mol. The van der Waals surface area contributed by atoms with Crippen LogP contribution in [0.25, 0.3) is 22.0 Å². The highest BCUT2D eigenvalue weighted by atomic mass is 19.4. The zero-order valence-electron chi connectivity index (χ0n) is 20.2. The van der Waals surface area contributed by atoms with E-state index >= 15 is 0 Å². The Morgan fingerprint density at radius 1 is 1.22 bits per heavy atom. The molecule has 1 unspecified atom stereocenters. The third-order valence-electron chi connectivity index (χ3n) is 6.48. The minimum absolute atomic E-state index is 0.0243. The number of rotatable bonds is 7. The molecule has 1 amide bonds. The predicted octanol–water partition coefficient (Wildman–Crippen LogP) is 4.46. The molecule has 0 bridgehead atoms. The zero-order chi connectivity index (χ0) is 26.9. The van der Waals surface area contributed by atoms with Crippen LogP contribution in [0.3, 0.4) is 0 Å². The maximum absolute atomic E-state index is 13.5. The normalized spacial score (nSPS) is 17.5. The Hall–Kier alpha value is -3.86. The van der Waals surface area contributed by atoms with E-state index in [2.05, 4.69) is 4.98 Å². The first-order valence-corrected chi connectivity index (χ1v) is 11.7. The number of aromatic amines is 1. The Kier molecular flexibility index (Phi) is 7.26. The topological polar surface area (TPSA) is 115 Å². The molecule has 0 spiro atoms. The molecule has 3 N–H and O–H groups in total. The Bertz CT molecular complexity index is 1390. The van der Waals surface area contributed by atoms with Gasteiger partial charge < -0.3 is 20.2 Å². The number of nitrogens with zero attached hydrogens (tertiary/aromatic N) is 1. The molecule has 196 valence electrons. The molecule has 2 aromatic carbocycles. The maximum atomic E-state index is 13.5. The largest absolute Gasteiger partial charge is 0.460 e. The first-order chi connectivity index (χ1) is 17.5. The average Bonchev–Trinajstić information content (AvgIpc) is 3.25. The minimum atomic E-state index is -4.59. The molecular formula is C26H26F3N3O5. The number of aromatic nitrogens is 1. The lowest BCUT2D eigenvalue weighted by Gasteiger charge is -2.18. The van der Waals surface area contributed by atoms with Gasteiger partial charge >= 0.3 is 18.2 Å². The molecule has 8 nitrogen and oxygen atoms in total. The molecule has 0 radical (unpaired) electrons. The van der Waals surface area contributed by atoms with E-state index in [1.807, 2.05) is 13.8 Å². The van der Waals surface area contributed by atoms with Gasteiger partial charge in [0, 0.05) is 22.3 Å². The third-order valence-corrected chi connectivity index (χ3v) is 6.48. The van der Waals surface area contributed by atoms with Crippen molar-refractivity contribution in [3.63, 3.8) is 0 Å². The molecule has 1 fully saturated rings. The van der Waals surface area contributed by atoms with Crippen LogP contribution in [-0.4, -0.2) is 42.3 Å². The first kappa shape index (κ1) is 26.2. The summed E-state index contributed by atoms with van der Waals surface area (Å²) in [6.45, 7) is 3.65. The second-order valence-electron chi connectivity index (χ2n) is 8.98. The van der Waals surface area contributed by atoms with Crippen LogP contribution >= 0.6 is 0 Å². The average molecular weight is 518 g/mol. The lowest BCUT2D eigenvalue weighted by molar-refractivity contribution is -0.148. The van der Waals surface area contributed by atoms with E-state index in [-0.39, 0.29) is 35.7 Å². The lowest BCUT2D eigenvalue weighted by Crippen LogP contribution is -2.39. The number of ether oxygens (including phenoxy) is 2. The number of nitrogens with two attached hydrogens (primary N) is 1. The van der Waals surface area contributed by atoms with Gasteiger partial charge in [0.2, 0.25) is 0 Å². The van der Waals surface area contributed by atoms with E-state index < -0.39 is 41.5 Å². The van der Waals surface area contributed by atoms with E-state index in [0.717, 1.165) is 6.07 Å². The van der Waals surface area contributed by atoms with Crippen molar-refractivity contribution in [1.29, 1.82) is 0 Å². The molecule has 3 atom stereocenters. The predicted molar refractivity (Wildman–Crippen MR) is 131 cm³/mol. The van der Waals surface area contributed by atoms with E-state index in [0.29, 0.717) is 17.5 Å². The molecule has 1 aromatic heterocycles. The van der Waals surface area contributed by atoms with E-state index in [4.69, 9.17) is 15.2 Å². The molecule has 1 aliphatic heterocycles. The van der Waals surface area contributed by atoms with E-state index in [1.165, 1.54) is 35.2 Å². The van der Waals surface area contributed by atoms with Crippen molar-refractivity contribution in [2.24, 2.45) is 11.7 Å². The van der Waals surface area contributed by atoms with Crippen LogP contribution in [0.5, 0.6) is 0 Å². The number of hydrogen-bond donors (Lipinski definition) is 2. The van der Waals surface area contributed by atoms with Gasteiger partial charge in [-0.25, -0.2) is 4.79 Å². The van der Waals surface area contributed by atoms with Gasteiger partial charge in [-0.2, -0.15) is 13.2 Å². The first-order valence-electron chi connectivity index (χ1n) is 11.7. The highest BCUT2D eigenvalue weighted by Gasteiger charge is 2.35. The number of nitrogens with one attached hydrogen (secondary N) is 1. The van der Waals surface area contributed by atoms with Crippen molar-refractivity contribution >= 4 is 28.5 Å². The number of hydrogen-bond acceptors (Lipinski definition) is 6. The van der Waals surface area contributed by atoms with Crippen molar-refractivity contribution in [2.75, 3.05) is 18.1 Å². The van der Waals surface area contributed by atoms with Crippen molar-refractivity contribution in [1.82, 2.24) is 4.98 Å². The van der Waals surface area contributed by atoms with Crippen LogP contribution in [0.2, 0.25) is 0 Å². The number of carbonyl (C=O) groups excluding carboxylic acids is 2. The van der Waals surface area contributed by atoms with Gasteiger partial charge in [0.15, 0.2) is 6.10 Å². The van der Waals surface area contributed by atoms with Gasteiger partial charge in [0.05, 0.1) is 12.1 Å². The number of cyclic esters (lactones) is 1. The van der Waals surface area contributed by atoms with Gasteiger partial charge in [0.25, 0.3) is 5.56 Å². The summed E-state index contributed by atoms with van der Waals surface area (Å²) in [5, 5.41) is 0.587. The lowest BCUT2D eigenvalue weighted by atomic mass is 10.0. The van der Waals surface area contributed by atoms with Gasteiger partial charge in [-0.1, -0.05) is 44.5 Å². The fourth-order valence-electron chi connectivity index (χ4n) is 4.10. The molecule has 0 saturated carbocycles. The third kappa shape index (κ3) is 5.46. The number of halogens is 3. The summed E-state index contributed by atoms with van der Waals surface area (Å²) < 4.78 is 50.9. The SMILES string of the molecule is CC[C@H](C)[C@H](N)C(=O)OCC1CN(c2ccc3cc(-c4ccccc4C(F)(F)F)[nH]c(=O)c3c2)C(=O)O1. The highest BCUT2D eigenvalue weighted by Crippen LogP contribution is 2.36. The molecule has 1 saturated heterocycles. The minimum Gasteiger partial charge on any atom is -0.460 e. The number of benzene rings is 2. The molecule has 1 aliphatic rings. The second-order valence-corrected chi connectivity index (χ2v) is 8.98. The van der Waals surface area contributed by atoms with Crippen LogP contribution in [0.15, 0.2) is 53.3 Å². The number of amides is 1. The molecule has 11 heteroatoms. The van der Waals surface area contributed by atoms with Crippen LogP contribution in [0.1, 0.15) is 25.8 Å². The highest BCUT2D eigenvalue weighted by molar-refractivity contribution is 5.95. The summed E-state index contributed by atoms with van der Waals surface area (Å²) in [6, 6.07) is 10.2. The number of anilines is 1. The Morgan fingerprint density at radius 2 is 1.95 bits per heavy atom. The van der Waals surface area contributed by atoms with Crippen molar-refractivity contribution in [3.8, 4) is 11.3 Å². The number of pyridine rings is 1. The summed E-state index contributed by atoms with van der Waals surface area (Å²) in [5.74, 6) is -0.641. The van der Waals surface area contributed by atoms with Gasteiger partial charge in [-0.15, -0.1) is 0 Å². The van der Waals surface area contributed by atoms with Gasteiger partial charge in [0.1, 0.15) is 12.6 Å². The van der Waals surface area contributed by atoms with E-state index in [1.54, 1.807) is 12.1 Å². The summed E-state index contributed by atoms with van der Waals surface area (Å²) >= 11 is 0. The van der Waals surface area contributed by atoms with Gasteiger partial charge in [-0.05, 0) is 35.6 Å². The fraction of sp³-hybridized carbons (Fsp3) is 0.346. The number of fused-ring (bicyclic) bond motifs is 1. The summed E-state index contributed by atoms with van der Waals surface area (Å²) in [6.07, 6.45) is -5.29. The monoisotopic (exact) mass is 517 g/mol. The summed E-state index contributed by atoms with van der Waals surface area (Å²) in [4.78, 5) is 41.2. The maximum Gasteiger partial charge on any atom is 0.417 e. The quantitative estimate of drug-likeness (QED) is 0.448. The second kappa shape index (κ2) is 10.3. The smallest absolute Gasteiger partial charge is 0.417 e. The van der Waals surface area contributed by atoms with Gasteiger partial charge in [-0.3, -0.25) is 14.5 Å². The standard InChI is InChI=1S/C26H26F3N3O5/c1-3-14(2)22(30)24(34)36-13-17-12-32(25(35)37-17)16-9-8-15-10-21(31-23(33)19(15)11-16)18-6-4-5-7-20(18)26(27,28)29/h4-11,14,17,22H,3,12-13,30H2,1-2H3,(H,31,33)/t14-,17?,22-/m0/s1. The van der Waals surface area contributed by atoms with Crippen LogP contribution in [0, 0.1) is 5.92 Å². The van der Waals surface area contributed by atoms with Crippen molar-refractivity contribution in [2.45, 2.75) is 38.6 Å². The Labute approximate surface area is 210 Å². The molecule has 0 aliphatic carbocycles. The fourth-order valence-corrected chi connectivity index (χ4v) is 4.10. The number of carbonyl (C=O) groups is 2. The van der Waals surface area contributed by atoms with Crippen LogP contribution < -0.4 is 16.2 Å². The molecule has 3 aromatic rings. The van der Waals surface area contributed by atoms with Crippen LogP contribution in [-0.2, 0) is 20.4 Å². The Balaban J connectivity index is 1.54. The number of alkyl halides is 3. The van der Waals surface area contributed by atoms with Crippen molar-refractivity contribution in [3.05, 3.63) is 64.4 Å². The zero-order valence-corrected chi connectivity index (χ0v) is 20.2. The van der Waals surface area contributed by atoms with E-state index in [9.17, 15) is 27.6 Å². The molecule has 2 heterocycles. The number of esters is 1. The van der Waals surface area contributed by atoms with Crippen LogP contribution in [0.4, 0.5) is 23.7 Å². The molecule has 4 rings (SSSR count). The Morgan fingerprint density at radius 3 is 2.65 bits per heavy atom. The van der Waals surface area contributed by atoms with Crippen molar-refractivity contribution < 1.29 is 32.2 Å². The molecule has 37 heavy (non-hydrogen) atoms.